The summed E-state index contributed by atoms with van der Waals surface area (Å²) in [4.78, 5) is 0. The topological polar surface area (TPSA) is 21.3 Å². The van der Waals surface area contributed by atoms with Crippen molar-refractivity contribution in [1.82, 2.24) is 0 Å². The largest absolute Gasteiger partial charge is 0.489 e. The summed E-state index contributed by atoms with van der Waals surface area (Å²) in [7, 11) is 0. The zero-order chi connectivity index (χ0) is 20.5. The summed E-state index contributed by atoms with van der Waals surface area (Å²) in [6.45, 7) is 11.8. The second kappa shape index (κ2) is 7.94. The van der Waals surface area contributed by atoms with Gasteiger partial charge in [-0.15, -0.1) is 0 Å². The molecule has 1 aliphatic rings. The van der Waals surface area contributed by atoms with E-state index in [-0.39, 0.29) is 12.0 Å². The van der Waals surface area contributed by atoms with Crippen molar-refractivity contribution < 1.29 is 4.74 Å². The molecule has 1 N–H and O–H groups in total. The van der Waals surface area contributed by atoms with Gasteiger partial charge in [-0.3, -0.25) is 0 Å². The molecule has 2 atom stereocenters. The number of hydrogen-bond donors (Lipinski definition) is 1. The number of rotatable bonds is 5. The molecular weight excluding hydrogens is 354 g/mol. The zero-order valence-electron chi connectivity index (χ0n) is 18.1. The molecule has 2 nitrogen and oxygen atoms in total. The summed E-state index contributed by atoms with van der Waals surface area (Å²) in [5, 5.41) is 3.66. The van der Waals surface area contributed by atoms with Crippen LogP contribution in [0.3, 0.4) is 0 Å². The lowest BCUT2D eigenvalue weighted by Gasteiger charge is -2.18. The van der Waals surface area contributed by atoms with Gasteiger partial charge in [-0.2, -0.15) is 0 Å². The first-order chi connectivity index (χ1) is 14.0. The molecule has 3 aromatic carbocycles. The van der Waals surface area contributed by atoms with Gasteiger partial charge in [-0.1, -0.05) is 68.4 Å². The van der Waals surface area contributed by atoms with E-state index >= 15 is 0 Å². The Morgan fingerprint density at radius 3 is 2.28 bits per heavy atom. The van der Waals surface area contributed by atoms with Crippen molar-refractivity contribution in [3.63, 3.8) is 0 Å². The van der Waals surface area contributed by atoms with Gasteiger partial charge in [0.1, 0.15) is 11.9 Å². The maximum atomic E-state index is 6.35. The van der Waals surface area contributed by atoms with Crippen molar-refractivity contribution in [1.29, 1.82) is 0 Å². The number of nitrogens with one attached hydrogen (secondary N) is 1. The lowest BCUT2D eigenvalue weighted by molar-refractivity contribution is 0.237. The molecule has 0 aliphatic carbocycles. The highest BCUT2D eigenvalue weighted by Gasteiger charge is 2.34. The quantitative estimate of drug-likeness (QED) is 0.513. The van der Waals surface area contributed by atoms with Crippen LogP contribution in [0, 0.1) is 13.8 Å². The van der Waals surface area contributed by atoms with Gasteiger partial charge in [-0.25, -0.2) is 0 Å². The van der Waals surface area contributed by atoms with Crippen LogP contribution in [0.2, 0.25) is 0 Å². The molecule has 3 aromatic rings. The molecule has 1 aliphatic heterocycles. The van der Waals surface area contributed by atoms with Crippen LogP contribution < -0.4 is 10.1 Å². The van der Waals surface area contributed by atoms with Gasteiger partial charge in [0.05, 0.1) is 0 Å². The Morgan fingerprint density at radius 1 is 0.931 bits per heavy atom. The fourth-order valence-electron chi connectivity index (χ4n) is 4.33. The molecule has 150 valence electrons. The molecule has 2 heteroatoms. The van der Waals surface area contributed by atoms with Crippen LogP contribution in [-0.2, 0) is 6.54 Å². The van der Waals surface area contributed by atoms with Crippen molar-refractivity contribution in [3.05, 3.63) is 94.0 Å². The van der Waals surface area contributed by atoms with E-state index in [1.807, 2.05) is 0 Å². The standard InChI is InChI=1S/C27H31NO/c1-17(2)22-11-13-23(14-12-22)26-20(5)29-27-19(4)18(3)25(15-24(26)27)28-16-21-9-7-6-8-10-21/h6-15,17,20,26,28H,16H2,1-5H3. The molecule has 0 aromatic heterocycles. The summed E-state index contributed by atoms with van der Waals surface area (Å²) in [6.07, 6.45) is 0.136. The summed E-state index contributed by atoms with van der Waals surface area (Å²) in [5.41, 5.74) is 9.01. The first-order valence-corrected chi connectivity index (χ1v) is 10.6. The second-order valence-corrected chi connectivity index (χ2v) is 8.55. The van der Waals surface area contributed by atoms with Gasteiger partial charge in [0, 0.05) is 23.7 Å². The number of anilines is 1. The smallest absolute Gasteiger partial charge is 0.127 e. The van der Waals surface area contributed by atoms with Crippen LogP contribution in [-0.4, -0.2) is 6.10 Å². The molecule has 1 heterocycles. The first kappa shape index (κ1) is 19.6. The lowest BCUT2D eigenvalue weighted by Crippen LogP contribution is -2.15. The second-order valence-electron chi connectivity index (χ2n) is 8.55. The highest BCUT2D eigenvalue weighted by Crippen LogP contribution is 2.47. The third-order valence-corrected chi connectivity index (χ3v) is 6.27. The van der Waals surface area contributed by atoms with Crippen molar-refractivity contribution >= 4 is 5.69 Å². The molecule has 0 radical (unpaired) electrons. The Hall–Kier alpha value is -2.74. The molecule has 0 saturated heterocycles. The molecule has 4 rings (SSSR count). The summed E-state index contributed by atoms with van der Waals surface area (Å²) in [6, 6.07) is 21.9. The number of benzene rings is 3. The number of fused-ring (bicyclic) bond motifs is 1. The van der Waals surface area contributed by atoms with Gasteiger partial charge < -0.3 is 10.1 Å². The van der Waals surface area contributed by atoms with Gasteiger partial charge in [-0.05, 0) is 60.6 Å². The Morgan fingerprint density at radius 2 is 1.62 bits per heavy atom. The van der Waals surface area contributed by atoms with Gasteiger partial charge in [0.2, 0.25) is 0 Å². The van der Waals surface area contributed by atoms with E-state index in [9.17, 15) is 0 Å². The van der Waals surface area contributed by atoms with Crippen LogP contribution in [0.5, 0.6) is 5.75 Å². The minimum Gasteiger partial charge on any atom is -0.489 e. The highest BCUT2D eigenvalue weighted by molar-refractivity contribution is 5.65. The third-order valence-electron chi connectivity index (χ3n) is 6.27. The average Bonchev–Trinajstić information content (AvgIpc) is 3.06. The maximum Gasteiger partial charge on any atom is 0.127 e. The van der Waals surface area contributed by atoms with E-state index in [0.29, 0.717) is 5.92 Å². The van der Waals surface area contributed by atoms with Crippen LogP contribution in [0.4, 0.5) is 5.69 Å². The predicted molar refractivity (Wildman–Crippen MR) is 122 cm³/mol. The van der Waals surface area contributed by atoms with E-state index in [1.165, 1.54) is 39.1 Å². The van der Waals surface area contributed by atoms with E-state index in [1.54, 1.807) is 0 Å². The van der Waals surface area contributed by atoms with E-state index in [4.69, 9.17) is 4.74 Å². The molecule has 0 bridgehead atoms. The number of ether oxygens (including phenoxy) is 1. The Labute approximate surface area is 174 Å². The lowest BCUT2D eigenvalue weighted by atomic mass is 9.86. The van der Waals surface area contributed by atoms with Crippen LogP contribution in [0.1, 0.15) is 66.0 Å². The van der Waals surface area contributed by atoms with Crippen LogP contribution in [0.25, 0.3) is 0 Å². The minimum atomic E-state index is 0.136. The number of hydrogen-bond acceptors (Lipinski definition) is 2. The monoisotopic (exact) mass is 385 g/mol. The summed E-state index contributed by atoms with van der Waals surface area (Å²) >= 11 is 0. The molecule has 0 fully saturated rings. The minimum absolute atomic E-state index is 0.136. The Kier molecular flexibility index (Phi) is 5.36. The van der Waals surface area contributed by atoms with Crippen LogP contribution >= 0.6 is 0 Å². The summed E-state index contributed by atoms with van der Waals surface area (Å²) in [5.74, 6) is 1.88. The van der Waals surface area contributed by atoms with Crippen molar-refractivity contribution in [2.75, 3.05) is 5.32 Å². The van der Waals surface area contributed by atoms with E-state index in [2.05, 4.69) is 101 Å². The van der Waals surface area contributed by atoms with Crippen molar-refractivity contribution in [2.24, 2.45) is 0 Å². The zero-order valence-corrected chi connectivity index (χ0v) is 18.1. The van der Waals surface area contributed by atoms with Crippen molar-refractivity contribution in [2.45, 2.75) is 59.1 Å². The van der Waals surface area contributed by atoms with Crippen molar-refractivity contribution in [3.8, 4) is 5.75 Å². The molecule has 0 spiro atoms. The van der Waals surface area contributed by atoms with Gasteiger partial charge in [0.15, 0.2) is 0 Å². The summed E-state index contributed by atoms with van der Waals surface area (Å²) < 4.78 is 6.35. The SMILES string of the molecule is Cc1c(NCc2ccccc2)cc2c(c1C)OC(C)C2c1ccc(C(C)C)cc1. The first-order valence-electron chi connectivity index (χ1n) is 10.6. The third kappa shape index (κ3) is 3.76. The fraction of sp³-hybridized carbons (Fsp3) is 0.333. The molecule has 0 saturated carbocycles. The molecular formula is C27H31NO. The van der Waals surface area contributed by atoms with E-state index in [0.717, 1.165) is 12.3 Å². The predicted octanol–water partition coefficient (Wildman–Crippen LogP) is 6.95. The fourth-order valence-corrected chi connectivity index (χ4v) is 4.33. The van der Waals surface area contributed by atoms with Crippen LogP contribution in [0.15, 0.2) is 60.7 Å². The maximum absolute atomic E-state index is 6.35. The van der Waals surface area contributed by atoms with Gasteiger partial charge in [0.25, 0.3) is 0 Å². The van der Waals surface area contributed by atoms with E-state index < -0.39 is 0 Å². The molecule has 2 unspecified atom stereocenters. The van der Waals surface area contributed by atoms with Gasteiger partial charge >= 0.3 is 0 Å². The average molecular weight is 386 g/mol. The molecule has 29 heavy (non-hydrogen) atoms. The Bertz CT molecular complexity index is 989. The molecule has 0 amide bonds. The normalized spacial score (nSPS) is 17.9. The Balaban J connectivity index is 1.68. The highest BCUT2D eigenvalue weighted by atomic mass is 16.5.